The molecule has 2 rings (SSSR count). The summed E-state index contributed by atoms with van der Waals surface area (Å²) < 4.78 is 4.93. The number of esters is 1. The molecule has 124 valence electrons. The van der Waals surface area contributed by atoms with Crippen molar-refractivity contribution in [2.75, 3.05) is 13.2 Å². The maximum absolute atomic E-state index is 11.8. The smallest absolute Gasteiger partial charge is 0.338 e. The first kappa shape index (κ1) is 16.9. The van der Waals surface area contributed by atoms with Gasteiger partial charge in [-0.25, -0.2) is 4.79 Å². The van der Waals surface area contributed by atoms with Crippen molar-refractivity contribution >= 4 is 17.6 Å². The number of hydrogen-bond acceptors (Lipinski definition) is 6. The van der Waals surface area contributed by atoms with Crippen molar-refractivity contribution in [1.82, 2.24) is 5.32 Å². The van der Waals surface area contributed by atoms with Gasteiger partial charge >= 0.3 is 11.7 Å². The zero-order valence-electron chi connectivity index (χ0n) is 12.5. The summed E-state index contributed by atoms with van der Waals surface area (Å²) >= 11 is 0. The first-order chi connectivity index (χ1) is 11.5. The molecule has 0 aliphatic heterocycles. The molecule has 0 spiro atoms. The molecule has 8 heteroatoms. The van der Waals surface area contributed by atoms with Crippen LogP contribution in [0.1, 0.15) is 20.7 Å². The predicted octanol–water partition coefficient (Wildman–Crippen LogP) is 1.89. The quantitative estimate of drug-likeness (QED) is 0.361. The lowest BCUT2D eigenvalue weighted by Crippen LogP contribution is -2.28. The van der Waals surface area contributed by atoms with Gasteiger partial charge in [0.05, 0.1) is 17.0 Å². The van der Waals surface area contributed by atoms with Gasteiger partial charge in [-0.1, -0.05) is 18.2 Å². The van der Waals surface area contributed by atoms with Gasteiger partial charge in [0, 0.05) is 11.6 Å². The molecule has 0 heterocycles. The van der Waals surface area contributed by atoms with E-state index < -0.39 is 22.3 Å². The van der Waals surface area contributed by atoms with E-state index in [9.17, 15) is 24.8 Å². The molecule has 0 saturated heterocycles. The average molecular weight is 330 g/mol. The van der Waals surface area contributed by atoms with Crippen molar-refractivity contribution in [1.29, 1.82) is 0 Å². The number of aromatic hydroxyl groups is 1. The molecule has 2 aromatic rings. The Kier molecular flexibility index (Phi) is 5.45. The fraction of sp³-hybridized carbons (Fsp3) is 0.125. The third-order valence-electron chi connectivity index (χ3n) is 3.06. The van der Waals surface area contributed by atoms with E-state index >= 15 is 0 Å². The number of nitro groups is 1. The van der Waals surface area contributed by atoms with Crippen LogP contribution in [0.5, 0.6) is 5.75 Å². The van der Waals surface area contributed by atoms with Gasteiger partial charge in [-0.2, -0.15) is 0 Å². The molecule has 1 amide bonds. The molecule has 8 nitrogen and oxygen atoms in total. The van der Waals surface area contributed by atoms with E-state index in [1.165, 1.54) is 6.07 Å². The van der Waals surface area contributed by atoms with Crippen molar-refractivity contribution in [3.8, 4) is 5.75 Å². The number of rotatable bonds is 6. The van der Waals surface area contributed by atoms with E-state index in [0.29, 0.717) is 5.56 Å². The van der Waals surface area contributed by atoms with Crippen LogP contribution in [-0.4, -0.2) is 35.1 Å². The molecule has 24 heavy (non-hydrogen) atoms. The third kappa shape index (κ3) is 4.29. The number of hydrogen-bond donors (Lipinski definition) is 2. The molecule has 0 saturated carbocycles. The number of ether oxygens (including phenoxy) is 1. The Hall–Kier alpha value is -3.42. The van der Waals surface area contributed by atoms with Crippen LogP contribution >= 0.6 is 0 Å². The molecular weight excluding hydrogens is 316 g/mol. The van der Waals surface area contributed by atoms with Gasteiger partial charge in [0.1, 0.15) is 6.61 Å². The van der Waals surface area contributed by atoms with E-state index in [2.05, 4.69) is 5.32 Å². The van der Waals surface area contributed by atoms with Crippen molar-refractivity contribution in [2.45, 2.75) is 0 Å². The summed E-state index contributed by atoms with van der Waals surface area (Å²) in [5.74, 6) is -1.62. The molecule has 2 N–H and O–H groups in total. The fourth-order valence-corrected chi connectivity index (χ4v) is 1.88. The summed E-state index contributed by atoms with van der Waals surface area (Å²) in [6.07, 6.45) is 0. The number of amides is 1. The average Bonchev–Trinajstić information content (AvgIpc) is 2.59. The van der Waals surface area contributed by atoms with Gasteiger partial charge in [-0.15, -0.1) is 0 Å². The summed E-state index contributed by atoms with van der Waals surface area (Å²) in [5.41, 5.74) is -0.159. The second kappa shape index (κ2) is 7.73. The molecule has 2 aromatic carbocycles. The van der Waals surface area contributed by atoms with E-state index in [0.717, 1.165) is 12.1 Å². The fourth-order valence-electron chi connectivity index (χ4n) is 1.88. The van der Waals surface area contributed by atoms with Gasteiger partial charge in [0.2, 0.25) is 0 Å². The van der Waals surface area contributed by atoms with Crippen molar-refractivity contribution in [2.24, 2.45) is 0 Å². The largest absolute Gasteiger partial charge is 0.502 e. The molecule has 0 aliphatic rings. The number of nitro benzene ring substituents is 1. The SMILES string of the molecule is O=C(NCCOC(=O)c1ccc(O)c([N+](=O)[O-])c1)c1ccccc1. The van der Waals surface area contributed by atoms with E-state index in [-0.39, 0.29) is 24.6 Å². The van der Waals surface area contributed by atoms with Crippen LogP contribution in [0.3, 0.4) is 0 Å². The van der Waals surface area contributed by atoms with Crippen molar-refractivity contribution < 1.29 is 24.4 Å². The number of nitrogens with zero attached hydrogens (tertiary/aromatic N) is 1. The first-order valence-electron chi connectivity index (χ1n) is 6.97. The molecule has 0 aromatic heterocycles. The van der Waals surface area contributed by atoms with Crippen LogP contribution in [0.15, 0.2) is 48.5 Å². The Morgan fingerprint density at radius 1 is 1.12 bits per heavy atom. The van der Waals surface area contributed by atoms with E-state index in [4.69, 9.17) is 4.74 Å². The minimum atomic E-state index is -0.799. The van der Waals surface area contributed by atoms with E-state index in [1.54, 1.807) is 30.3 Å². The van der Waals surface area contributed by atoms with E-state index in [1.807, 2.05) is 0 Å². The number of phenols is 1. The molecule has 0 unspecified atom stereocenters. The minimum absolute atomic E-state index is 0.0612. The Morgan fingerprint density at radius 3 is 2.50 bits per heavy atom. The Labute approximate surface area is 136 Å². The first-order valence-corrected chi connectivity index (χ1v) is 6.97. The standard InChI is InChI=1S/C16H14N2O6/c19-14-7-6-12(10-13(14)18(22)23)16(21)24-9-8-17-15(20)11-4-2-1-3-5-11/h1-7,10,19H,8-9H2,(H,17,20). The predicted molar refractivity (Wildman–Crippen MR) is 83.8 cm³/mol. The lowest BCUT2D eigenvalue weighted by atomic mass is 10.2. The van der Waals surface area contributed by atoms with Crippen LogP contribution in [0.4, 0.5) is 5.69 Å². The summed E-state index contributed by atoms with van der Waals surface area (Å²) in [6.45, 7) is 0.00568. The highest BCUT2D eigenvalue weighted by atomic mass is 16.6. The monoisotopic (exact) mass is 330 g/mol. The van der Waals surface area contributed by atoms with Crippen LogP contribution in [-0.2, 0) is 4.74 Å². The molecule has 0 radical (unpaired) electrons. The number of phenolic OH excluding ortho intramolecular Hbond substituents is 1. The maximum atomic E-state index is 11.8. The Bertz CT molecular complexity index is 760. The number of nitrogens with one attached hydrogen (secondary N) is 1. The molecular formula is C16H14N2O6. The third-order valence-corrected chi connectivity index (χ3v) is 3.06. The van der Waals surface area contributed by atoms with Crippen LogP contribution < -0.4 is 5.32 Å². The van der Waals surface area contributed by atoms with Gasteiger partial charge in [-0.05, 0) is 24.3 Å². The Balaban J connectivity index is 1.84. The van der Waals surface area contributed by atoms with Crippen LogP contribution in [0, 0.1) is 10.1 Å². The van der Waals surface area contributed by atoms with Crippen molar-refractivity contribution in [3.05, 3.63) is 69.8 Å². The highest BCUT2D eigenvalue weighted by Gasteiger charge is 2.17. The normalized spacial score (nSPS) is 10.0. The topological polar surface area (TPSA) is 119 Å². The second-order valence-corrected chi connectivity index (χ2v) is 4.72. The van der Waals surface area contributed by atoms with Crippen molar-refractivity contribution in [3.63, 3.8) is 0 Å². The molecule has 0 aliphatic carbocycles. The summed E-state index contributed by atoms with van der Waals surface area (Å²) in [6, 6.07) is 11.7. The van der Waals surface area contributed by atoms with Gasteiger partial charge in [0.15, 0.2) is 5.75 Å². The number of benzene rings is 2. The summed E-state index contributed by atoms with van der Waals surface area (Å²) in [5, 5.41) is 22.6. The van der Waals surface area contributed by atoms with Gasteiger partial charge in [0.25, 0.3) is 5.91 Å². The second-order valence-electron chi connectivity index (χ2n) is 4.72. The van der Waals surface area contributed by atoms with Gasteiger partial charge in [-0.3, -0.25) is 14.9 Å². The van der Waals surface area contributed by atoms with Gasteiger partial charge < -0.3 is 15.2 Å². The van der Waals surface area contributed by atoms with Crippen LogP contribution in [0.2, 0.25) is 0 Å². The molecule has 0 fully saturated rings. The summed E-state index contributed by atoms with van der Waals surface area (Å²) in [4.78, 5) is 33.5. The summed E-state index contributed by atoms with van der Waals surface area (Å²) in [7, 11) is 0. The lowest BCUT2D eigenvalue weighted by molar-refractivity contribution is -0.385. The number of carbonyl (C=O) groups is 2. The highest BCUT2D eigenvalue weighted by Crippen LogP contribution is 2.26. The Morgan fingerprint density at radius 2 is 1.83 bits per heavy atom. The zero-order valence-corrected chi connectivity index (χ0v) is 12.5. The number of carbonyl (C=O) groups excluding carboxylic acids is 2. The lowest BCUT2D eigenvalue weighted by Gasteiger charge is -2.07. The molecule has 0 atom stereocenters. The minimum Gasteiger partial charge on any atom is -0.502 e. The molecule has 0 bridgehead atoms. The maximum Gasteiger partial charge on any atom is 0.338 e. The highest BCUT2D eigenvalue weighted by molar-refractivity contribution is 5.94. The zero-order chi connectivity index (χ0) is 17.5. The van der Waals surface area contributed by atoms with Crippen LogP contribution in [0.25, 0.3) is 0 Å².